The Kier molecular flexibility index (Phi) is 2.77. The van der Waals surface area contributed by atoms with Crippen molar-refractivity contribution in [3.63, 3.8) is 0 Å². The van der Waals surface area contributed by atoms with Gasteiger partial charge in [-0.05, 0) is 19.8 Å². The molecule has 0 aromatic carbocycles. The Morgan fingerprint density at radius 2 is 1.88 bits per heavy atom. The summed E-state index contributed by atoms with van der Waals surface area (Å²) < 4.78 is 10.3. The minimum Gasteiger partial charge on any atom is -0.361 e. The zero-order valence-electron chi connectivity index (χ0n) is 9.94. The zero-order valence-corrected chi connectivity index (χ0v) is 9.94. The van der Waals surface area contributed by atoms with Crippen LogP contribution < -0.4 is 0 Å². The van der Waals surface area contributed by atoms with Gasteiger partial charge >= 0.3 is 0 Å². The summed E-state index contributed by atoms with van der Waals surface area (Å²) in [4.78, 5) is 4.34. The second-order valence-electron chi connectivity index (χ2n) is 4.31. The van der Waals surface area contributed by atoms with Crippen molar-refractivity contribution < 1.29 is 9.05 Å². The van der Waals surface area contributed by atoms with E-state index in [4.69, 9.17) is 9.05 Å². The first-order chi connectivity index (χ1) is 7.58. The lowest BCUT2D eigenvalue weighted by Crippen LogP contribution is -1.95. The van der Waals surface area contributed by atoms with Crippen molar-refractivity contribution in [3.05, 3.63) is 17.3 Å². The Hall–Kier alpha value is -1.65. The van der Waals surface area contributed by atoms with Crippen LogP contribution in [0.4, 0.5) is 0 Å². The van der Waals surface area contributed by atoms with Crippen LogP contribution in [0.5, 0.6) is 0 Å². The lowest BCUT2D eigenvalue weighted by Gasteiger charge is -1.96. The minimum atomic E-state index is 0.492. The van der Waals surface area contributed by atoms with Gasteiger partial charge in [-0.3, -0.25) is 0 Å². The predicted octanol–water partition coefficient (Wildman–Crippen LogP) is 2.54. The van der Waals surface area contributed by atoms with Crippen molar-refractivity contribution >= 4 is 0 Å². The molecule has 0 unspecified atom stereocenters. The third-order valence-electron chi connectivity index (χ3n) is 2.31. The monoisotopic (exact) mass is 221 g/mol. The Morgan fingerprint density at radius 3 is 2.44 bits per heavy atom. The Labute approximate surface area is 93.8 Å². The molecule has 86 valence electrons. The van der Waals surface area contributed by atoms with Gasteiger partial charge in [0.15, 0.2) is 5.82 Å². The molecule has 0 saturated carbocycles. The third-order valence-corrected chi connectivity index (χ3v) is 2.31. The SMILES string of the molecule is Cc1noc(C)c1-c1nc(CC(C)C)no1. The van der Waals surface area contributed by atoms with Crippen LogP contribution in [0.3, 0.4) is 0 Å². The van der Waals surface area contributed by atoms with E-state index in [0.717, 1.165) is 23.5 Å². The standard InChI is InChI=1S/C11H15N3O2/c1-6(2)5-9-12-11(16-14-9)10-7(3)13-15-8(10)4/h6H,5H2,1-4H3. The van der Waals surface area contributed by atoms with Gasteiger partial charge in [-0.25, -0.2) is 0 Å². The molecule has 0 fully saturated rings. The molecule has 2 aromatic rings. The quantitative estimate of drug-likeness (QED) is 0.796. The third kappa shape index (κ3) is 1.98. The summed E-state index contributed by atoms with van der Waals surface area (Å²) >= 11 is 0. The highest BCUT2D eigenvalue weighted by Crippen LogP contribution is 2.25. The number of aromatic nitrogens is 3. The summed E-state index contributed by atoms with van der Waals surface area (Å²) in [5.74, 6) is 2.43. The van der Waals surface area contributed by atoms with E-state index < -0.39 is 0 Å². The molecule has 16 heavy (non-hydrogen) atoms. The molecule has 0 N–H and O–H groups in total. The van der Waals surface area contributed by atoms with E-state index in [1.807, 2.05) is 13.8 Å². The van der Waals surface area contributed by atoms with Gasteiger partial charge in [0, 0.05) is 6.42 Å². The highest BCUT2D eigenvalue weighted by Gasteiger charge is 2.18. The minimum absolute atomic E-state index is 0.492. The van der Waals surface area contributed by atoms with Gasteiger partial charge in [0.25, 0.3) is 5.89 Å². The lowest BCUT2D eigenvalue weighted by molar-refractivity contribution is 0.391. The Morgan fingerprint density at radius 1 is 1.12 bits per heavy atom. The first-order valence-electron chi connectivity index (χ1n) is 5.33. The fraction of sp³-hybridized carbons (Fsp3) is 0.545. The second-order valence-corrected chi connectivity index (χ2v) is 4.31. The molecular weight excluding hydrogens is 206 g/mol. The van der Waals surface area contributed by atoms with Crippen LogP contribution >= 0.6 is 0 Å². The van der Waals surface area contributed by atoms with Crippen molar-refractivity contribution in [2.45, 2.75) is 34.1 Å². The van der Waals surface area contributed by atoms with Crippen LogP contribution in [0.2, 0.25) is 0 Å². The summed E-state index contributed by atoms with van der Waals surface area (Å²) in [6.07, 6.45) is 0.812. The first kappa shape index (κ1) is 10.9. The molecule has 2 aromatic heterocycles. The predicted molar refractivity (Wildman–Crippen MR) is 57.8 cm³/mol. The van der Waals surface area contributed by atoms with Gasteiger partial charge in [0.2, 0.25) is 0 Å². The largest absolute Gasteiger partial charge is 0.361 e. The molecule has 5 heteroatoms. The summed E-state index contributed by atoms with van der Waals surface area (Å²) in [7, 11) is 0. The number of hydrogen-bond acceptors (Lipinski definition) is 5. The Balaban J connectivity index is 2.32. The van der Waals surface area contributed by atoms with E-state index in [9.17, 15) is 0 Å². The van der Waals surface area contributed by atoms with Crippen LogP contribution in [0.25, 0.3) is 11.5 Å². The smallest absolute Gasteiger partial charge is 0.263 e. The fourth-order valence-electron chi connectivity index (χ4n) is 1.59. The normalized spacial score (nSPS) is 11.3. The molecule has 0 aliphatic carbocycles. The summed E-state index contributed by atoms with van der Waals surface area (Å²) in [5, 5.41) is 7.80. The number of hydrogen-bond donors (Lipinski definition) is 0. The first-order valence-corrected chi connectivity index (χ1v) is 5.33. The van der Waals surface area contributed by atoms with Crippen molar-refractivity contribution in [3.8, 4) is 11.5 Å². The van der Waals surface area contributed by atoms with Crippen LogP contribution in [0, 0.1) is 19.8 Å². The molecule has 0 atom stereocenters. The fourth-order valence-corrected chi connectivity index (χ4v) is 1.59. The maximum absolute atomic E-state index is 5.21. The van der Waals surface area contributed by atoms with E-state index in [1.54, 1.807) is 0 Å². The molecule has 0 saturated heterocycles. The molecular formula is C11H15N3O2. The Bertz CT molecular complexity index is 466. The van der Waals surface area contributed by atoms with Crippen LogP contribution in [0.15, 0.2) is 9.05 Å². The van der Waals surface area contributed by atoms with Crippen molar-refractivity contribution in [2.24, 2.45) is 5.92 Å². The molecule has 2 rings (SSSR count). The zero-order chi connectivity index (χ0) is 11.7. The highest BCUT2D eigenvalue weighted by molar-refractivity contribution is 5.57. The van der Waals surface area contributed by atoms with Crippen molar-refractivity contribution in [1.82, 2.24) is 15.3 Å². The van der Waals surface area contributed by atoms with Crippen LogP contribution in [-0.4, -0.2) is 15.3 Å². The summed E-state index contributed by atoms with van der Waals surface area (Å²) in [6, 6.07) is 0. The van der Waals surface area contributed by atoms with Crippen molar-refractivity contribution in [1.29, 1.82) is 0 Å². The maximum atomic E-state index is 5.21. The second kappa shape index (κ2) is 4.08. The van der Waals surface area contributed by atoms with E-state index in [-0.39, 0.29) is 0 Å². The van der Waals surface area contributed by atoms with E-state index >= 15 is 0 Å². The molecule has 0 amide bonds. The molecule has 0 aliphatic heterocycles. The average Bonchev–Trinajstić information content (AvgIpc) is 2.73. The molecule has 2 heterocycles. The molecule has 0 radical (unpaired) electrons. The summed E-state index contributed by atoms with van der Waals surface area (Å²) in [5.41, 5.74) is 1.58. The molecule has 0 aliphatic rings. The van der Waals surface area contributed by atoms with Crippen LogP contribution in [0.1, 0.15) is 31.1 Å². The van der Waals surface area contributed by atoms with Gasteiger partial charge in [0.1, 0.15) is 11.3 Å². The lowest BCUT2D eigenvalue weighted by atomic mass is 10.1. The molecule has 0 bridgehead atoms. The summed E-state index contributed by atoms with van der Waals surface area (Å²) in [6.45, 7) is 7.93. The van der Waals surface area contributed by atoms with E-state index in [2.05, 4.69) is 29.1 Å². The number of nitrogens with zero attached hydrogens (tertiary/aromatic N) is 3. The van der Waals surface area contributed by atoms with Gasteiger partial charge in [-0.15, -0.1) is 0 Å². The topological polar surface area (TPSA) is 65.0 Å². The van der Waals surface area contributed by atoms with Crippen LogP contribution in [-0.2, 0) is 6.42 Å². The molecule has 5 nitrogen and oxygen atoms in total. The van der Waals surface area contributed by atoms with E-state index in [0.29, 0.717) is 17.6 Å². The average molecular weight is 221 g/mol. The highest BCUT2D eigenvalue weighted by atomic mass is 16.5. The van der Waals surface area contributed by atoms with Gasteiger partial charge < -0.3 is 9.05 Å². The number of aryl methyl sites for hydroxylation is 2. The molecule has 0 spiro atoms. The maximum Gasteiger partial charge on any atom is 0.263 e. The van der Waals surface area contributed by atoms with Gasteiger partial charge in [-0.1, -0.05) is 24.2 Å². The number of rotatable bonds is 3. The van der Waals surface area contributed by atoms with Gasteiger partial charge in [0.05, 0.1) is 5.69 Å². The van der Waals surface area contributed by atoms with Gasteiger partial charge in [-0.2, -0.15) is 4.98 Å². The van der Waals surface area contributed by atoms with Crippen molar-refractivity contribution in [2.75, 3.05) is 0 Å². The van der Waals surface area contributed by atoms with E-state index in [1.165, 1.54) is 0 Å².